The second-order valence-corrected chi connectivity index (χ2v) is 6.54. The third-order valence-corrected chi connectivity index (χ3v) is 3.91. The monoisotopic (exact) mass is 334 g/mol. The third kappa shape index (κ3) is 4.57. The van der Waals surface area contributed by atoms with Gasteiger partial charge in [-0.3, -0.25) is 10.2 Å². The van der Waals surface area contributed by atoms with Crippen LogP contribution < -0.4 is 19.7 Å². The van der Waals surface area contributed by atoms with E-state index in [1.54, 1.807) is 0 Å². The number of carbonyl (C=O) groups is 1. The number of carbonyl (C=O) groups excluding carboxylic acids is 1. The van der Waals surface area contributed by atoms with Gasteiger partial charge >= 0.3 is 0 Å². The Morgan fingerprint density at radius 1 is 1.23 bits per heavy atom. The second kappa shape index (κ2) is 7.41. The van der Waals surface area contributed by atoms with Gasteiger partial charge in [0.25, 0.3) is 10.0 Å². The van der Waals surface area contributed by atoms with Crippen molar-refractivity contribution in [2.75, 3.05) is 14.2 Å². The van der Waals surface area contributed by atoms with Crippen LogP contribution in [0.5, 0.6) is 11.5 Å². The molecule has 0 aliphatic carbocycles. The van der Waals surface area contributed by atoms with Gasteiger partial charge in [0.15, 0.2) is 11.5 Å². The molecule has 1 aromatic rings. The topological polar surface area (TPSA) is 93.7 Å². The molecule has 0 aliphatic heterocycles. The van der Waals surface area contributed by atoms with Gasteiger partial charge in [-0.2, -0.15) is 0 Å². The maximum absolute atomic E-state index is 13.9. The highest BCUT2D eigenvalue weighted by molar-refractivity contribution is 7.89. The normalized spacial score (nSPS) is 11.4. The van der Waals surface area contributed by atoms with Crippen molar-refractivity contribution in [3.8, 4) is 11.5 Å². The van der Waals surface area contributed by atoms with Crippen LogP contribution in [0.4, 0.5) is 4.39 Å². The first kappa shape index (κ1) is 18.2. The number of methoxy groups -OCH3 is 2. The van der Waals surface area contributed by atoms with Crippen LogP contribution in [0.15, 0.2) is 17.0 Å². The fourth-order valence-electron chi connectivity index (χ4n) is 1.64. The summed E-state index contributed by atoms with van der Waals surface area (Å²) in [5.41, 5.74) is 2.03. The van der Waals surface area contributed by atoms with E-state index in [9.17, 15) is 17.6 Å². The summed E-state index contributed by atoms with van der Waals surface area (Å²) in [4.78, 5) is 12.7. The lowest BCUT2D eigenvalue weighted by Gasteiger charge is -2.13. The van der Waals surface area contributed by atoms with Gasteiger partial charge in [0.2, 0.25) is 5.91 Å². The molecule has 0 saturated heterocycles. The average Bonchev–Trinajstić information content (AvgIpc) is 2.44. The zero-order chi connectivity index (χ0) is 16.9. The summed E-state index contributed by atoms with van der Waals surface area (Å²) in [5.74, 6) is -1.37. The SMILES string of the molecule is COc1cc(F)c(S(=O)(=O)NNC(=O)CC(C)C)cc1OC. The van der Waals surface area contributed by atoms with E-state index in [0.29, 0.717) is 0 Å². The van der Waals surface area contributed by atoms with Crippen molar-refractivity contribution < 1.29 is 27.1 Å². The lowest BCUT2D eigenvalue weighted by molar-refractivity contribution is -0.122. The van der Waals surface area contributed by atoms with E-state index in [4.69, 9.17) is 9.47 Å². The van der Waals surface area contributed by atoms with Gasteiger partial charge < -0.3 is 9.47 Å². The van der Waals surface area contributed by atoms with E-state index < -0.39 is 26.6 Å². The van der Waals surface area contributed by atoms with Crippen molar-refractivity contribution in [1.29, 1.82) is 0 Å². The van der Waals surface area contributed by atoms with Crippen molar-refractivity contribution in [3.05, 3.63) is 17.9 Å². The lowest BCUT2D eigenvalue weighted by Crippen LogP contribution is -2.42. The molecule has 0 aromatic heterocycles. The lowest BCUT2D eigenvalue weighted by atomic mass is 10.1. The van der Waals surface area contributed by atoms with E-state index in [0.717, 1.165) is 12.1 Å². The minimum absolute atomic E-state index is 0.0535. The van der Waals surface area contributed by atoms with Crippen LogP contribution in [-0.2, 0) is 14.8 Å². The van der Waals surface area contributed by atoms with E-state index in [1.165, 1.54) is 14.2 Å². The standard InChI is InChI=1S/C13H19FN2O5S/c1-8(2)5-13(17)15-16-22(18,19)12-7-11(21-4)10(20-3)6-9(12)14/h6-8,16H,5H2,1-4H3,(H,15,17). The molecule has 0 bridgehead atoms. The van der Waals surface area contributed by atoms with E-state index >= 15 is 0 Å². The van der Waals surface area contributed by atoms with Crippen molar-refractivity contribution in [1.82, 2.24) is 10.3 Å². The zero-order valence-electron chi connectivity index (χ0n) is 12.8. The van der Waals surface area contributed by atoms with Crippen LogP contribution in [0.3, 0.4) is 0 Å². The molecular weight excluding hydrogens is 315 g/mol. The molecule has 2 N–H and O–H groups in total. The molecule has 0 saturated carbocycles. The Kier molecular flexibility index (Phi) is 6.12. The van der Waals surface area contributed by atoms with Gasteiger partial charge in [-0.05, 0) is 5.92 Å². The van der Waals surface area contributed by atoms with Gasteiger partial charge in [0.05, 0.1) is 14.2 Å². The number of hydrazine groups is 1. The number of nitrogens with one attached hydrogen (secondary N) is 2. The van der Waals surface area contributed by atoms with Crippen LogP contribution in [0.2, 0.25) is 0 Å². The zero-order valence-corrected chi connectivity index (χ0v) is 13.6. The molecule has 1 amide bonds. The number of benzene rings is 1. The minimum Gasteiger partial charge on any atom is -0.493 e. The summed E-state index contributed by atoms with van der Waals surface area (Å²) in [6.45, 7) is 3.62. The molecular formula is C13H19FN2O5S. The molecule has 0 fully saturated rings. The van der Waals surface area contributed by atoms with E-state index in [2.05, 4.69) is 0 Å². The third-order valence-electron chi connectivity index (χ3n) is 2.65. The van der Waals surface area contributed by atoms with Gasteiger partial charge in [-0.1, -0.05) is 13.8 Å². The Hall–Kier alpha value is -1.87. The molecule has 0 radical (unpaired) electrons. The molecule has 0 spiro atoms. The first-order chi connectivity index (χ1) is 10.2. The quantitative estimate of drug-likeness (QED) is 0.731. The van der Waals surface area contributed by atoms with Crippen LogP contribution >= 0.6 is 0 Å². The van der Waals surface area contributed by atoms with Gasteiger partial charge in [-0.15, -0.1) is 4.83 Å². The molecule has 1 aromatic carbocycles. The maximum Gasteiger partial charge on any atom is 0.260 e. The first-order valence-electron chi connectivity index (χ1n) is 6.43. The molecule has 0 heterocycles. The van der Waals surface area contributed by atoms with Crippen LogP contribution in [0.1, 0.15) is 20.3 Å². The summed E-state index contributed by atoms with van der Waals surface area (Å²) in [6, 6.07) is 1.87. The second-order valence-electron chi connectivity index (χ2n) is 4.89. The Morgan fingerprint density at radius 2 is 1.77 bits per heavy atom. The van der Waals surface area contributed by atoms with Crippen molar-refractivity contribution in [3.63, 3.8) is 0 Å². The molecule has 7 nitrogen and oxygen atoms in total. The summed E-state index contributed by atoms with van der Waals surface area (Å²) >= 11 is 0. The molecule has 1 rings (SSSR count). The highest BCUT2D eigenvalue weighted by atomic mass is 32.2. The van der Waals surface area contributed by atoms with Crippen molar-refractivity contribution in [2.24, 2.45) is 5.92 Å². The molecule has 22 heavy (non-hydrogen) atoms. The Balaban J connectivity index is 3.00. The number of hydrogen-bond donors (Lipinski definition) is 2. The Bertz CT molecular complexity index is 646. The smallest absolute Gasteiger partial charge is 0.260 e. The summed E-state index contributed by atoms with van der Waals surface area (Å²) < 4.78 is 47.8. The van der Waals surface area contributed by atoms with Crippen LogP contribution in [-0.4, -0.2) is 28.5 Å². The largest absolute Gasteiger partial charge is 0.493 e. The summed E-state index contributed by atoms with van der Waals surface area (Å²) in [5, 5.41) is 0. The summed E-state index contributed by atoms with van der Waals surface area (Å²) in [6.07, 6.45) is 0.136. The number of amides is 1. The van der Waals surface area contributed by atoms with E-state index in [-0.39, 0.29) is 23.8 Å². The summed E-state index contributed by atoms with van der Waals surface area (Å²) in [7, 11) is -1.67. The van der Waals surface area contributed by atoms with Gasteiger partial charge in [0, 0.05) is 18.6 Å². The fraction of sp³-hybridized carbons (Fsp3) is 0.462. The number of hydrogen-bond acceptors (Lipinski definition) is 5. The minimum atomic E-state index is -4.27. The van der Waals surface area contributed by atoms with Gasteiger partial charge in [0.1, 0.15) is 10.7 Å². The highest BCUT2D eigenvalue weighted by Crippen LogP contribution is 2.31. The van der Waals surface area contributed by atoms with Crippen molar-refractivity contribution >= 4 is 15.9 Å². The molecule has 9 heteroatoms. The molecule has 0 unspecified atom stereocenters. The van der Waals surface area contributed by atoms with Crippen molar-refractivity contribution in [2.45, 2.75) is 25.2 Å². The Labute approximate surface area is 128 Å². The molecule has 0 atom stereocenters. The number of halogens is 1. The molecule has 124 valence electrons. The average molecular weight is 334 g/mol. The number of rotatable bonds is 7. The Morgan fingerprint density at radius 3 is 2.27 bits per heavy atom. The number of sulfonamides is 1. The van der Waals surface area contributed by atoms with Gasteiger partial charge in [-0.25, -0.2) is 12.8 Å². The van der Waals surface area contributed by atoms with Crippen LogP contribution in [0.25, 0.3) is 0 Å². The van der Waals surface area contributed by atoms with E-state index in [1.807, 2.05) is 24.1 Å². The molecule has 0 aliphatic rings. The predicted octanol–water partition coefficient (Wildman–Crippen LogP) is 1.20. The van der Waals surface area contributed by atoms with Crippen LogP contribution in [0, 0.1) is 11.7 Å². The predicted molar refractivity (Wildman–Crippen MR) is 77.4 cm³/mol. The highest BCUT2D eigenvalue weighted by Gasteiger charge is 2.23. The maximum atomic E-state index is 13.9. The first-order valence-corrected chi connectivity index (χ1v) is 7.91. The number of ether oxygens (including phenoxy) is 2. The fourth-order valence-corrected chi connectivity index (χ4v) is 2.58.